The van der Waals surface area contributed by atoms with Crippen molar-refractivity contribution in [1.82, 2.24) is 0 Å². The zero-order chi connectivity index (χ0) is 16.4. The first-order chi connectivity index (χ1) is 11.8. The van der Waals surface area contributed by atoms with Gasteiger partial charge in [-0.2, -0.15) is 0 Å². The van der Waals surface area contributed by atoms with Crippen LogP contribution in [0.2, 0.25) is 0 Å². The minimum atomic E-state index is -0.125. The number of aryl methyl sites for hydroxylation is 1. The molecule has 3 heterocycles. The van der Waals surface area contributed by atoms with Gasteiger partial charge in [-0.05, 0) is 42.3 Å². The summed E-state index contributed by atoms with van der Waals surface area (Å²) in [5.41, 5.74) is 2.28. The molecule has 2 aromatic heterocycles. The van der Waals surface area contributed by atoms with Gasteiger partial charge in [0.15, 0.2) is 5.17 Å². The average Bonchev–Trinajstić information content (AvgIpc) is 3.33. The van der Waals surface area contributed by atoms with E-state index >= 15 is 0 Å². The van der Waals surface area contributed by atoms with Gasteiger partial charge in [-0.15, -0.1) is 0 Å². The molecule has 1 aromatic carbocycles. The van der Waals surface area contributed by atoms with Crippen molar-refractivity contribution in [3.63, 3.8) is 0 Å². The maximum atomic E-state index is 5.59. The highest BCUT2D eigenvalue weighted by molar-refractivity contribution is 8.14. The van der Waals surface area contributed by atoms with Gasteiger partial charge in [0.05, 0.1) is 12.5 Å². The van der Waals surface area contributed by atoms with Crippen molar-refractivity contribution in [2.75, 3.05) is 0 Å². The SMILES string of the molecule is Cc1ccccc1C=NC1=N[C@@H](c2ccco2)[C@@H](c2ccco2)S1. The highest BCUT2D eigenvalue weighted by Crippen LogP contribution is 2.48. The lowest BCUT2D eigenvalue weighted by atomic mass is 10.1. The lowest BCUT2D eigenvalue weighted by Gasteiger charge is -2.11. The molecule has 0 unspecified atom stereocenters. The number of rotatable bonds is 3. The van der Waals surface area contributed by atoms with Crippen molar-refractivity contribution < 1.29 is 8.83 Å². The molecule has 1 aliphatic rings. The van der Waals surface area contributed by atoms with E-state index in [-0.39, 0.29) is 11.3 Å². The Morgan fingerprint density at radius 1 is 1.00 bits per heavy atom. The van der Waals surface area contributed by atoms with Crippen LogP contribution in [-0.4, -0.2) is 11.4 Å². The molecule has 1 aliphatic heterocycles. The summed E-state index contributed by atoms with van der Waals surface area (Å²) in [5.74, 6) is 1.70. The second kappa shape index (κ2) is 6.53. The zero-order valence-corrected chi connectivity index (χ0v) is 13.9. The summed E-state index contributed by atoms with van der Waals surface area (Å²) in [6.45, 7) is 2.07. The minimum absolute atomic E-state index is 0.0372. The van der Waals surface area contributed by atoms with Crippen molar-refractivity contribution in [3.8, 4) is 0 Å². The van der Waals surface area contributed by atoms with Gasteiger partial charge in [-0.1, -0.05) is 36.0 Å². The first kappa shape index (κ1) is 15.0. The van der Waals surface area contributed by atoms with E-state index in [2.05, 4.69) is 18.0 Å². The Morgan fingerprint density at radius 2 is 1.75 bits per heavy atom. The Balaban J connectivity index is 1.62. The van der Waals surface area contributed by atoms with Gasteiger partial charge in [-0.3, -0.25) is 0 Å². The van der Waals surface area contributed by atoms with E-state index in [9.17, 15) is 0 Å². The van der Waals surface area contributed by atoms with Gasteiger partial charge in [0.25, 0.3) is 0 Å². The van der Waals surface area contributed by atoms with E-state index in [0.29, 0.717) is 0 Å². The third kappa shape index (κ3) is 2.95. The molecule has 0 fully saturated rings. The van der Waals surface area contributed by atoms with Crippen LogP contribution in [-0.2, 0) is 0 Å². The molecule has 0 saturated heterocycles. The number of hydrogen-bond acceptors (Lipinski definition) is 5. The average molecular weight is 336 g/mol. The molecular weight excluding hydrogens is 320 g/mol. The predicted molar refractivity (Wildman–Crippen MR) is 96.7 cm³/mol. The fourth-order valence-corrected chi connectivity index (χ4v) is 3.74. The summed E-state index contributed by atoms with van der Waals surface area (Å²) in [4.78, 5) is 9.32. The summed E-state index contributed by atoms with van der Waals surface area (Å²) in [6, 6.07) is 15.7. The van der Waals surface area contributed by atoms with Crippen LogP contribution in [0.5, 0.6) is 0 Å². The number of hydrogen-bond donors (Lipinski definition) is 0. The van der Waals surface area contributed by atoms with Gasteiger partial charge >= 0.3 is 0 Å². The van der Waals surface area contributed by atoms with Crippen LogP contribution in [0.1, 0.15) is 33.9 Å². The molecule has 0 radical (unpaired) electrons. The summed E-state index contributed by atoms with van der Waals surface area (Å²) >= 11 is 1.60. The molecule has 0 spiro atoms. The maximum absolute atomic E-state index is 5.59. The Labute approximate surface area is 144 Å². The number of aliphatic imine (C=N–C) groups is 2. The molecule has 24 heavy (non-hydrogen) atoms. The number of nitrogens with zero attached hydrogens (tertiary/aromatic N) is 2. The fraction of sp³-hybridized carbons (Fsp3) is 0.158. The van der Waals surface area contributed by atoms with Gasteiger partial charge in [0.2, 0.25) is 0 Å². The minimum Gasteiger partial charge on any atom is -0.468 e. The molecule has 120 valence electrons. The van der Waals surface area contributed by atoms with E-state index in [1.54, 1.807) is 24.3 Å². The topological polar surface area (TPSA) is 51.0 Å². The Hall–Kier alpha value is -2.53. The van der Waals surface area contributed by atoms with E-state index in [0.717, 1.165) is 22.3 Å². The second-order valence-electron chi connectivity index (χ2n) is 5.54. The monoisotopic (exact) mass is 336 g/mol. The van der Waals surface area contributed by atoms with Crippen LogP contribution in [0.4, 0.5) is 0 Å². The third-order valence-electron chi connectivity index (χ3n) is 3.93. The number of thioether (sulfide) groups is 1. The van der Waals surface area contributed by atoms with Crippen LogP contribution < -0.4 is 0 Å². The lowest BCUT2D eigenvalue weighted by molar-refractivity contribution is 0.432. The molecule has 4 rings (SSSR count). The highest BCUT2D eigenvalue weighted by atomic mass is 32.2. The molecule has 5 heteroatoms. The van der Waals surface area contributed by atoms with Crippen LogP contribution in [0, 0.1) is 6.92 Å². The molecule has 0 saturated carbocycles. The van der Waals surface area contributed by atoms with Gasteiger partial charge in [-0.25, -0.2) is 9.98 Å². The van der Waals surface area contributed by atoms with E-state index in [1.807, 2.05) is 48.7 Å². The van der Waals surface area contributed by atoms with Crippen molar-refractivity contribution in [2.45, 2.75) is 18.2 Å². The Kier molecular flexibility index (Phi) is 4.09. The van der Waals surface area contributed by atoms with Crippen molar-refractivity contribution in [2.24, 2.45) is 9.98 Å². The van der Waals surface area contributed by atoms with Crippen molar-refractivity contribution in [1.29, 1.82) is 0 Å². The summed E-state index contributed by atoms with van der Waals surface area (Å²) in [5, 5.41) is 0.774. The van der Waals surface area contributed by atoms with Crippen LogP contribution >= 0.6 is 11.8 Å². The smallest absolute Gasteiger partial charge is 0.184 e. The number of amidine groups is 1. The largest absolute Gasteiger partial charge is 0.468 e. The molecule has 2 atom stereocenters. The predicted octanol–water partition coefficient (Wildman–Crippen LogP) is 5.19. The zero-order valence-electron chi connectivity index (χ0n) is 13.1. The standard InChI is InChI=1S/C19H16N2O2S/c1-13-6-2-3-7-14(13)12-20-19-21-17(15-8-4-10-22-15)18(24-19)16-9-5-11-23-16/h2-12,17-18H,1H3/t17-,18+/m0/s1. The van der Waals surface area contributed by atoms with E-state index < -0.39 is 0 Å². The first-order valence-electron chi connectivity index (χ1n) is 7.72. The Bertz CT molecular complexity index is 867. The Morgan fingerprint density at radius 3 is 2.46 bits per heavy atom. The first-order valence-corrected chi connectivity index (χ1v) is 8.60. The number of furan rings is 2. The fourth-order valence-electron chi connectivity index (χ4n) is 2.65. The summed E-state index contributed by atoms with van der Waals surface area (Å²) < 4.78 is 11.2. The molecule has 0 bridgehead atoms. The molecule has 3 aromatic rings. The normalized spacial score (nSPS) is 20.6. The van der Waals surface area contributed by atoms with Crippen LogP contribution in [0.15, 0.2) is 79.9 Å². The van der Waals surface area contributed by atoms with E-state index in [4.69, 9.17) is 13.8 Å². The van der Waals surface area contributed by atoms with Crippen molar-refractivity contribution in [3.05, 3.63) is 83.7 Å². The third-order valence-corrected chi connectivity index (χ3v) is 5.10. The van der Waals surface area contributed by atoms with E-state index in [1.165, 1.54) is 5.56 Å². The highest BCUT2D eigenvalue weighted by Gasteiger charge is 2.36. The quantitative estimate of drug-likeness (QED) is 0.619. The molecule has 0 N–H and O–H groups in total. The van der Waals surface area contributed by atoms with Crippen molar-refractivity contribution >= 4 is 23.1 Å². The molecule has 0 aliphatic carbocycles. The maximum Gasteiger partial charge on any atom is 0.184 e. The summed E-state index contributed by atoms with van der Waals surface area (Å²) in [6.07, 6.45) is 5.22. The second-order valence-corrected chi connectivity index (χ2v) is 6.65. The van der Waals surface area contributed by atoms with Gasteiger partial charge in [0, 0.05) is 6.21 Å². The van der Waals surface area contributed by atoms with Gasteiger partial charge in [0.1, 0.15) is 22.8 Å². The molecule has 0 amide bonds. The van der Waals surface area contributed by atoms with Crippen LogP contribution in [0.25, 0.3) is 0 Å². The summed E-state index contributed by atoms with van der Waals surface area (Å²) in [7, 11) is 0. The lowest BCUT2D eigenvalue weighted by Crippen LogP contribution is -1.99. The molecule has 4 nitrogen and oxygen atoms in total. The van der Waals surface area contributed by atoms with Crippen LogP contribution in [0.3, 0.4) is 0 Å². The molecular formula is C19H16N2O2S. The number of benzene rings is 1. The van der Waals surface area contributed by atoms with Gasteiger partial charge < -0.3 is 8.83 Å².